The molecule has 0 aliphatic rings. The van der Waals surface area contributed by atoms with Crippen molar-refractivity contribution in [3.05, 3.63) is 66.0 Å². The zero-order valence-electron chi connectivity index (χ0n) is 12.2. The molecule has 2 aromatic carbocycles. The Morgan fingerprint density at radius 3 is 2.29 bits per heavy atom. The van der Waals surface area contributed by atoms with Crippen LogP contribution >= 0.6 is 0 Å². The predicted octanol–water partition coefficient (Wildman–Crippen LogP) is 2.50. The Morgan fingerprint density at radius 1 is 1.10 bits per heavy atom. The Morgan fingerprint density at radius 2 is 1.71 bits per heavy atom. The molecule has 0 radical (unpaired) electrons. The van der Waals surface area contributed by atoms with E-state index in [1.807, 2.05) is 42.2 Å². The number of hydrogen-bond acceptors (Lipinski definition) is 3. The third kappa shape index (κ3) is 3.40. The van der Waals surface area contributed by atoms with Crippen LogP contribution in [0.3, 0.4) is 0 Å². The number of benzene rings is 2. The predicted molar refractivity (Wildman–Crippen MR) is 83.7 cm³/mol. The SMILES string of the molecule is CCN(CC(N)(CO)c1ccccc1)c1ccccc1F. The second kappa shape index (κ2) is 6.70. The van der Waals surface area contributed by atoms with Gasteiger partial charge in [-0.25, -0.2) is 4.39 Å². The molecule has 1 unspecified atom stereocenters. The summed E-state index contributed by atoms with van der Waals surface area (Å²) in [5.41, 5.74) is 6.77. The van der Waals surface area contributed by atoms with Crippen molar-refractivity contribution in [3.63, 3.8) is 0 Å². The number of nitrogens with two attached hydrogens (primary N) is 1. The molecule has 21 heavy (non-hydrogen) atoms. The van der Waals surface area contributed by atoms with Gasteiger partial charge in [0.05, 0.1) is 17.8 Å². The van der Waals surface area contributed by atoms with Crippen molar-refractivity contribution >= 4 is 5.69 Å². The molecule has 0 aliphatic heterocycles. The fourth-order valence-corrected chi connectivity index (χ4v) is 2.42. The van der Waals surface area contributed by atoms with Crippen LogP contribution in [0.1, 0.15) is 12.5 Å². The fraction of sp³-hybridized carbons (Fsp3) is 0.294. The third-order valence-corrected chi connectivity index (χ3v) is 3.68. The molecule has 0 heterocycles. The van der Waals surface area contributed by atoms with Crippen LogP contribution in [0.4, 0.5) is 10.1 Å². The highest BCUT2D eigenvalue weighted by Crippen LogP contribution is 2.24. The summed E-state index contributed by atoms with van der Waals surface area (Å²) >= 11 is 0. The summed E-state index contributed by atoms with van der Waals surface area (Å²) in [7, 11) is 0. The highest BCUT2D eigenvalue weighted by atomic mass is 19.1. The summed E-state index contributed by atoms with van der Waals surface area (Å²) in [6, 6.07) is 16.0. The van der Waals surface area contributed by atoms with Gasteiger partial charge in [-0.2, -0.15) is 0 Å². The lowest BCUT2D eigenvalue weighted by atomic mass is 9.91. The molecule has 0 saturated carbocycles. The molecule has 2 aromatic rings. The number of halogens is 1. The number of nitrogens with zero attached hydrogens (tertiary/aromatic N) is 1. The van der Waals surface area contributed by atoms with Crippen LogP contribution < -0.4 is 10.6 Å². The van der Waals surface area contributed by atoms with Gasteiger partial charge in [-0.05, 0) is 24.6 Å². The molecular weight excluding hydrogens is 267 g/mol. The molecule has 112 valence electrons. The van der Waals surface area contributed by atoms with E-state index in [-0.39, 0.29) is 12.4 Å². The number of aliphatic hydroxyl groups is 1. The van der Waals surface area contributed by atoms with Gasteiger partial charge in [-0.1, -0.05) is 42.5 Å². The number of hydrogen-bond donors (Lipinski definition) is 2. The van der Waals surface area contributed by atoms with Gasteiger partial charge in [0.15, 0.2) is 0 Å². The average Bonchev–Trinajstić information content (AvgIpc) is 2.54. The van der Waals surface area contributed by atoms with Gasteiger partial charge in [-0.15, -0.1) is 0 Å². The van der Waals surface area contributed by atoms with E-state index in [0.717, 1.165) is 5.56 Å². The first-order valence-corrected chi connectivity index (χ1v) is 7.05. The van der Waals surface area contributed by atoms with E-state index < -0.39 is 5.54 Å². The zero-order valence-corrected chi connectivity index (χ0v) is 12.2. The van der Waals surface area contributed by atoms with E-state index in [1.54, 1.807) is 18.2 Å². The maximum absolute atomic E-state index is 14.0. The number of likely N-dealkylation sites (N-methyl/N-ethyl adjacent to an activating group) is 1. The molecule has 0 amide bonds. The summed E-state index contributed by atoms with van der Waals surface area (Å²) in [5, 5.41) is 9.75. The van der Waals surface area contributed by atoms with Gasteiger partial charge < -0.3 is 15.7 Å². The van der Waals surface area contributed by atoms with Crippen molar-refractivity contribution in [1.82, 2.24) is 0 Å². The van der Waals surface area contributed by atoms with E-state index in [2.05, 4.69) is 0 Å². The van der Waals surface area contributed by atoms with Gasteiger partial charge in [0.2, 0.25) is 0 Å². The molecule has 0 bridgehead atoms. The normalized spacial score (nSPS) is 13.7. The van der Waals surface area contributed by atoms with E-state index in [1.165, 1.54) is 6.07 Å². The van der Waals surface area contributed by atoms with E-state index in [0.29, 0.717) is 18.8 Å². The lowest BCUT2D eigenvalue weighted by Gasteiger charge is -2.35. The van der Waals surface area contributed by atoms with Crippen LogP contribution in [0, 0.1) is 5.82 Å². The van der Waals surface area contributed by atoms with Crippen LogP contribution in [-0.4, -0.2) is 24.8 Å². The highest BCUT2D eigenvalue weighted by molar-refractivity contribution is 5.48. The van der Waals surface area contributed by atoms with Gasteiger partial charge in [0, 0.05) is 13.1 Å². The van der Waals surface area contributed by atoms with Crippen molar-refractivity contribution in [2.24, 2.45) is 5.73 Å². The monoisotopic (exact) mass is 288 g/mol. The highest BCUT2D eigenvalue weighted by Gasteiger charge is 2.29. The first-order valence-electron chi connectivity index (χ1n) is 7.05. The van der Waals surface area contributed by atoms with Crippen LogP contribution in [0.25, 0.3) is 0 Å². The standard InChI is InChI=1S/C17H21FN2O/c1-2-20(16-11-7-6-10-15(16)18)12-17(19,13-21)14-8-4-3-5-9-14/h3-11,21H,2,12-13,19H2,1H3. The molecule has 0 saturated heterocycles. The van der Waals surface area contributed by atoms with Crippen LogP contribution in [-0.2, 0) is 5.54 Å². The molecule has 4 heteroatoms. The van der Waals surface area contributed by atoms with Crippen LogP contribution in [0.5, 0.6) is 0 Å². The van der Waals surface area contributed by atoms with Crippen molar-refractivity contribution in [2.45, 2.75) is 12.5 Å². The minimum absolute atomic E-state index is 0.206. The lowest BCUT2D eigenvalue weighted by Crippen LogP contribution is -2.50. The summed E-state index contributed by atoms with van der Waals surface area (Å²) in [5.74, 6) is -0.285. The first-order chi connectivity index (χ1) is 10.1. The minimum Gasteiger partial charge on any atom is -0.394 e. The lowest BCUT2D eigenvalue weighted by molar-refractivity contribution is 0.199. The molecular formula is C17H21FN2O. The van der Waals surface area contributed by atoms with Crippen molar-refractivity contribution in [3.8, 4) is 0 Å². The summed E-state index contributed by atoms with van der Waals surface area (Å²) < 4.78 is 14.0. The van der Waals surface area contributed by atoms with E-state index in [4.69, 9.17) is 5.73 Å². The zero-order chi connectivity index (χ0) is 15.3. The van der Waals surface area contributed by atoms with Crippen molar-refractivity contribution < 1.29 is 9.50 Å². The van der Waals surface area contributed by atoms with Crippen molar-refractivity contribution in [2.75, 3.05) is 24.6 Å². The Bertz CT molecular complexity index is 576. The largest absolute Gasteiger partial charge is 0.394 e. The Balaban J connectivity index is 2.30. The second-order valence-electron chi connectivity index (χ2n) is 5.15. The van der Waals surface area contributed by atoms with Crippen LogP contribution in [0.15, 0.2) is 54.6 Å². The summed E-state index contributed by atoms with van der Waals surface area (Å²) in [6.07, 6.45) is 0. The van der Waals surface area contributed by atoms with Gasteiger partial charge in [0.1, 0.15) is 5.82 Å². The maximum Gasteiger partial charge on any atom is 0.146 e. The Kier molecular flexibility index (Phi) is 4.94. The molecule has 0 spiro atoms. The molecule has 0 aliphatic carbocycles. The van der Waals surface area contributed by atoms with Crippen molar-refractivity contribution in [1.29, 1.82) is 0 Å². The topological polar surface area (TPSA) is 49.5 Å². The number of anilines is 1. The van der Waals surface area contributed by atoms with Crippen LogP contribution in [0.2, 0.25) is 0 Å². The average molecular weight is 288 g/mol. The number of aliphatic hydroxyl groups excluding tert-OH is 1. The molecule has 3 nitrogen and oxygen atoms in total. The molecule has 3 N–H and O–H groups in total. The Hall–Kier alpha value is -1.91. The first kappa shape index (κ1) is 15.5. The number of rotatable bonds is 6. The van der Waals surface area contributed by atoms with Gasteiger partial charge >= 0.3 is 0 Å². The van der Waals surface area contributed by atoms with Gasteiger partial charge in [-0.3, -0.25) is 0 Å². The van der Waals surface area contributed by atoms with Gasteiger partial charge in [0.25, 0.3) is 0 Å². The Labute approximate surface area is 124 Å². The quantitative estimate of drug-likeness (QED) is 0.858. The number of para-hydroxylation sites is 1. The summed E-state index contributed by atoms with van der Waals surface area (Å²) in [4.78, 5) is 1.85. The molecule has 0 aromatic heterocycles. The summed E-state index contributed by atoms with van der Waals surface area (Å²) in [6.45, 7) is 2.68. The fourth-order valence-electron chi connectivity index (χ4n) is 2.42. The molecule has 0 fully saturated rings. The molecule has 1 atom stereocenters. The maximum atomic E-state index is 14.0. The third-order valence-electron chi connectivity index (χ3n) is 3.68. The minimum atomic E-state index is -0.931. The van der Waals surface area contributed by atoms with E-state index >= 15 is 0 Å². The second-order valence-corrected chi connectivity index (χ2v) is 5.15. The van der Waals surface area contributed by atoms with E-state index in [9.17, 15) is 9.50 Å². The smallest absolute Gasteiger partial charge is 0.146 e. The molecule has 2 rings (SSSR count).